The Morgan fingerprint density at radius 1 is 0.875 bits per heavy atom. The zero-order chi connectivity index (χ0) is 16.3. The van der Waals surface area contributed by atoms with Crippen LogP contribution in [0.2, 0.25) is 0 Å². The Morgan fingerprint density at radius 2 is 1.38 bits per heavy atom. The van der Waals surface area contributed by atoms with Gasteiger partial charge < -0.3 is 0 Å². The van der Waals surface area contributed by atoms with Crippen molar-refractivity contribution in [3.63, 3.8) is 0 Å². The third-order valence-corrected chi connectivity index (χ3v) is 9.68. The van der Waals surface area contributed by atoms with Crippen LogP contribution in [0.4, 0.5) is 0 Å². The summed E-state index contributed by atoms with van der Waals surface area (Å²) < 4.78 is 32.4. The first kappa shape index (κ1) is 20.9. The zero-order valence-electron chi connectivity index (χ0n) is 13.7. The van der Waals surface area contributed by atoms with Crippen LogP contribution in [-0.2, 0) is 10.1 Å². The minimum absolute atomic E-state index is 0. The molecule has 1 aromatic rings. The number of rotatable bonds is 4. The number of benzene rings is 1. The summed E-state index contributed by atoms with van der Waals surface area (Å²) in [5.74, 6) is 0. The maximum absolute atomic E-state index is 11.5. The fourth-order valence-corrected chi connectivity index (χ4v) is 8.69. The second-order valence-corrected chi connectivity index (χ2v) is 11.2. The average molecular weight is 378 g/mol. The van der Waals surface area contributed by atoms with Crippen LogP contribution in [0.1, 0.15) is 64.2 Å². The molecule has 0 saturated heterocycles. The third kappa shape index (κ3) is 5.28. The summed E-state index contributed by atoms with van der Waals surface area (Å²) in [6, 6.07) is 7.17. The van der Waals surface area contributed by atoms with Gasteiger partial charge in [0.2, 0.25) is 0 Å². The first-order valence-electron chi connectivity index (χ1n) is 8.91. The Balaban J connectivity index is 0.00000208. The van der Waals surface area contributed by atoms with Gasteiger partial charge in [-0.15, -0.1) is 0 Å². The molecule has 0 bridgehead atoms. The van der Waals surface area contributed by atoms with E-state index in [1.165, 1.54) is 75.6 Å². The van der Waals surface area contributed by atoms with Gasteiger partial charge in [0.05, 0.1) is 4.90 Å². The molecule has 0 radical (unpaired) electrons. The molecule has 0 amide bonds. The van der Waals surface area contributed by atoms with E-state index in [-0.39, 0.29) is 42.4 Å². The van der Waals surface area contributed by atoms with E-state index >= 15 is 0 Å². The van der Waals surface area contributed by atoms with Crippen LogP contribution in [0.5, 0.6) is 0 Å². The van der Waals surface area contributed by atoms with Crippen molar-refractivity contribution in [3.8, 4) is 0 Å². The molecule has 130 valence electrons. The van der Waals surface area contributed by atoms with Crippen molar-refractivity contribution < 1.29 is 13.0 Å². The minimum atomic E-state index is -4.11. The summed E-state index contributed by atoms with van der Waals surface area (Å²) >= 11 is 0. The van der Waals surface area contributed by atoms with Crippen LogP contribution in [-0.4, -0.2) is 53.8 Å². The van der Waals surface area contributed by atoms with E-state index in [0.29, 0.717) is 0 Å². The summed E-state index contributed by atoms with van der Waals surface area (Å²) in [6.45, 7) is 0. The van der Waals surface area contributed by atoms with Crippen LogP contribution < -0.4 is 5.30 Å². The standard InChI is InChI=1S/C18H27O3PS.Na.H/c19-23(20,21)18-13-7-12-17(14-18)22(15-8-3-1-4-9-15)16-10-5-2-6-11-16;;/h7,12-16H,1-6,8-11H2,(H,19,20,21);;. The Labute approximate surface area is 169 Å². The second kappa shape index (κ2) is 9.48. The molecule has 24 heavy (non-hydrogen) atoms. The normalized spacial score (nSPS) is 20.8. The van der Waals surface area contributed by atoms with E-state index in [4.69, 9.17) is 0 Å². The van der Waals surface area contributed by atoms with Crippen LogP contribution >= 0.6 is 7.92 Å². The van der Waals surface area contributed by atoms with Crippen LogP contribution in [0, 0.1) is 0 Å². The predicted octanol–water partition coefficient (Wildman–Crippen LogP) is 4.06. The van der Waals surface area contributed by atoms with E-state index in [0.717, 1.165) is 11.3 Å². The third-order valence-electron chi connectivity index (χ3n) is 5.35. The summed E-state index contributed by atoms with van der Waals surface area (Å²) in [5, 5.41) is 1.19. The Morgan fingerprint density at radius 3 is 1.83 bits per heavy atom. The second-order valence-electron chi connectivity index (χ2n) is 6.96. The van der Waals surface area contributed by atoms with E-state index < -0.39 is 10.1 Å². The molecular formula is C18H28NaO3PS. The summed E-state index contributed by atoms with van der Waals surface area (Å²) in [7, 11) is -4.44. The van der Waals surface area contributed by atoms with Crippen LogP contribution in [0.3, 0.4) is 0 Å². The fraction of sp³-hybridized carbons (Fsp3) is 0.667. The molecule has 1 aromatic carbocycles. The number of hydrogen-bond acceptors (Lipinski definition) is 2. The van der Waals surface area contributed by atoms with Gasteiger partial charge in [-0.1, -0.05) is 58.6 Å². The summed E-state index contributed by atoms with van der Waals surface area (Å²) in [6.07, 6.45) is 13.1. The van der Waals surface area contributed by atoms with E-state index in [1.54, 1.807) is 12.1 Å². The Kier molecular flexibility index (Phi) is 8.24. The van der Waals surface area contributed by atoms with Gasteiger partial charge in [-0.2, -0.15) is 8.42 Å². The summed E-state index contributed by atoms with van der Waals surface area (Å²) in [4.78, 5) is 0.0640. The van der Waals surface area contributed by atoms with Crippen molar-refractivity contribution in [2.45, 2.75) is 80.4 Å². The molecule has 2 aliphatic rings. The molecule has 0 heterocycles. The van der Waals surface area contributed by atoms with Gasteiger partial charge in [-0.25, -0.2) is 0 Å². The van der Waals surface area contributed by atoms with Gasteiger partial charge in [0.25, 0.3) is 10.1 Å². The molecular weight excluding hydrogens is 350 g/mol. The van der Waals surface area contributed by atoms with Crippen LogP contribution in [0.15, 0.2) is 29.2 Å². The molecule has 3 rings (SSSR count). The van der Waals surface area contributed by atoms with E-state index in [9.17, 15) is 13.0 Å². The number of hydrogen-bond donors (Lipinski definition) is 1. The van der Waals surface area contributed by atoms with Gasteiger partial charge in [-0.05, 0) is 54.4 Å². The monoisotopic (exact) mass is 378 g/mol. The Bertz CT molecular complexity index is 605. The van der Waals surface area contributed by atoms with Crippen molar-refractivity contribution in [3.05, 3.63) is 24.3 Å². The molecule has 2 fully saturated rings. The molecule has 3 nitrogen and oxygen atoms in total. The SMILES string of the molecule is O=S(=O)(O)c1cccc(P(C2CCCCC2)C2CCCCC2)c1.[NaH]. The maximum atomic E-state index is 11.5. The molecule has 0 spiro atoms. The quantitative estimate of drug-likeness (QED) is 0.488. The van der Waals surface area contributed by atoms with Gasteiger partial charge >= 0.3 is 29.6 Å². The van der Waals surface area contributed by atoms with Crippen molar-refractivity contribution in [2.75, 3.05) is 0 Å². The first-order chi connectivity index (χ1) is 11.1. The first-order valence-corrected chi connectivity index (χ1v) is 11.8. The van der Waals surface area contributed by atoms with Gasteiger partial charge in [-0.3, -0.25) is 4.55 Å². The molecule has 0 atom stereocenters. The average Bonchev–Trinajstić information content (AvgIpc) is 2.57. The predicted molar refractivity (Wildman–Crippen MR) is 104 cm³/mol. The van der Waals surface area contributed by atoms with Crippen molar-refractivity contribution in [2.24, 2.45) is 0 Å². The van der Waals surface area contributed by atoms with E-state index in [1.807, 2.05) is 0 Å². The fourth-order valence-electron chi connectivity index (χ4n) is 4.24. The molecule has 1 N–H and O–H groups in total. The zero-order valence-corrected chi connectivity index (χ0v) is 15.4. The van der Waals surface area contributed by atoms with Crippen molar-refractivity contribution in [1.29, 1.82) is 0 Å². The Hall–Kier alpha value is 0.560. The van der Waals surface area contributed by atoms with Gasteiger partial charge in [0.1, 0.15) is 0 Å². The molecule has 2 aliphatic carbocycles. The van der Waals surface area contributed by atoms with Crippen molar-refractivity contribution >= 4 is 52.9 Å². The van der Waals surface area contributed by atoms with Crippen LogP contribution in [0.25, 0.3) is 0 Å². The topological polar surface area (TPSA) is 54.4 Å². The van der Waals surface area contributed by atoms with Crippen molar-refractivity contribution in [1.82, 2.24) is 0 Å². The van der Waals surface area contributed by atoms with Gasteiger partial charge in [0, 0.05) is 0 Å². The molecule has 2 saturated carbocycles. The molecule has 0 unspecified atom stereocenters. The molecule has 0 aliphatic heterocycles. The van der Waals surface area contributed by atoms with Gasteiger partial charge in [0.15, 0.2) is 0 Å². The summed E-state index contributed by atoms with van der Waals surface area (Å²) in [5.41, 5.74) is 1.47. The van der Waals surface area contributed by atoms with E-state index in [2.05, 4.69) is 6.07 Å². The molecule has 0 aromatic heterocycles. The molecule has 6 heteroatoms.